The number of hydrogen-bond donors (Lipinski definition) is 3. The minimum atomic E-state index is -0.800. The molecule has 0 aromatic carbocycles. The van der Waals surface area contributed by atoms with Crippen molar-refractivity contribution in [2.24, 2.45) is 0 Å². The molecule has 0 aliphatic heterocycles. The summed E-state index contributed by atoms with van der Waals surface area (Å²) in [5, 5.41) is 14.1. The third-order valence-electron chi connectivity index (χ3n) is 3.29. The minimum absolute atomic E-state index is 0.242. The van der Waals surface area contributed by atoms with Crippen molar-refractivity contribution in [3.8, 4) is 0 Å². The van der Waals surface area contributed by atoms with Crippen molar-refractivity contribution in [2.75, 3.05) is 25.2 Å². The molecule has 5 nitrogen and oxygen atoms in total. The molecule has 0 aliphatic carbocycles. The van der Waals surface area contributed by atoms with Gasteiger partial charge in [0, 0.05) is 6.54 Å². The predicted molar refractivity (Wildman–Crippen MR) is 88.8 cm³/mol. The fourth-order valence-electron chi connectivity index (χ4n) is 1.94. The summed E-state index contributed by atoms with van der Waals surface area (Å²) in [6.07, 6.45) is 10.6. The molecule has 3 N–H and O–H groups in total. The maximum absolute atomic E-state index is 11.5. The van der Waals surface area contributed by atoms with Crippen molar-refractivity contribution >= 4 is 23.6 Å². The van der Waals surface area contributed by atoms with Gasteiger partial charge in [-0.3, -0.25) is 4.79 Å². The Hall–Kier alpha value is -0.750. The van der Waals surface area contributed by atoms with Crippen LogP contribution in [0.5, 0.6) is 0 Å². The lowest BCUT2D eigenvalue weighted by molar-refractivity contribution is -0.119. The zero-order valence-electron chi connectivity index (χ0n) is 13.3. The smallest absolute Gasteiger partial charge is 0.315 e. The Bertz CT molecular complexity index is 288. The van der Waals surface area contributed by atoms with E-state index < -0.39 is 6.04 Å². The van der Waals surface area contributed by atoms with Crippen LogP contribution >= 0.6 is 11.8 Å². The Labute approximate surface area is 132 Å². The van der Waals surface area contributed by atoms with E-state index in [1.165, 1.54) is 44.8 Å². The number of aliphatic hydroxyl groups excluding tert-OH is 1. The van der Waals surface area contributed by atoms with Gasteiger partial charge in [0.25, 0.3) is 0 Å². The fraction of sp³-hybridized carbons (Fsp3) is 0.867. The summed E-state index contributed by atoms with van der Waals surface area (Å²) in [5.41, 5.74) is 0. The molecule has 0 saturated carbocycles. The molecule has 124 valence electrons. The fourth-order valence-corrected chi connectivity index (χ4v) is 2.44. The van der Waals surface area contributed by atoms with Crippen LogP contribution in [-0.2, 0) is 4.79 Å². The molecule has 0 aliphatic rings. The van der Waals surface area contributed by atoms with Crippen LogP contribution in [0.3, 0.4) is 0 Å². The molecule has 0 saturated heterocycles. The molecule has 1 atom stereocenters. The second-order valence-corrected chi connectivity index (χ2v) is 6.20. The second-order valence-electron chi connectivity index (χ2n) is 5.21. The van der Waals surface area contributed by atoms with Gasteiger partial charge in [-0.1, -0.05) is 32.1 Å². The van der Waals surface area contributed by atoms with Crippen molar-refractivity contribution in [3.05, 3.63) is 0 Å². The number of carbonyl (C=O) groups is 2. The molecule has 0 bridgehead atoms. The molecule has 0 aromatic rings. The van der Waals surface area contributed by atoms with E-state index in [-0.39, 0.29) is 18.4 Å². The highest BCUT2D eigenvalue weighted by molar-refractivity contribution is 7.98. The summed E-state index contributed by atoms with van der Waals surface area (Å²) in [5.74, 6) is 1.02. The first-order chi connectivity index (χ1) is 10.1. The average molecular weight is 318 g/mol. The van der Waals surface area contributed by atoms with E-state index in [0.717, 1.165) is 12.8 Å². The van der Waals surface area contributed by atoms with Crippen molar-refractivity contribution in [1.82, 2.24) is 10.6 Å². The average Bonchev–Trinajstić information content (AvgIpc) is 2.46. The Kier molecular flexibility index (Phi) is 13.7. The van der Waals surface area contributed by atoms with E-state index in [9.17, 15) is 9.59 Å². The predicted octanol–water partition coefficient (Wildman–Crippen LogP) is 2.33. The Morgan fingerprint density at radius 3 is 2.14 bits per heavy atom. The van der Waals surface area contributed by atoms with Gasteiger partial charge in [0.05, 0.1) is 6.61 Å². The van der Waals surface area contributed by atoms with E-state index in [0.29, 0.717) is 6.54 Å². The van der Waals surface area contributed by atoms with Gasteiger partial charge in [-0.2, -0.15) is 11.8 Å². The summed E-state index contributed by atoms with van der Waals surface area (Å²) in [6.45, 7) is 1.59. The number of rotatable bonds is 13. The van der Waals surface area contributed by atoms with Crippen LogP contribution in [0.2, 0.25) is 0 Å². The van der Waals surface area contributed by atoms with Crippen molar-refractivity contribution in [2.45, 2.75) is 57.9 Å². The largest absolute Gasteiger partial charge is 0.394 e. The number of hydrogen-bond acceptors (Lipinski definition) is 4. The van der Waals surface area contributed by atoms with E-state index in [1.807, 2.05) is 11.8 Å². The standard InChI is InChI=1S/C15H30N2O3S/c1-13(19)14(12-18)17-15(20)16-10-8-6-4-3-5-7-9-11-21-2/h14,18H,3-12H2,1-2H3,(H2,16,17,20)/t14-/m0/s1. The summed E-state index contributed by atoms with van der Waals surface area (Å²) >= 11 is 1.90. The Morgan fingerprint density at radius 1 is 1.05 bits per heavy atom. The number of urea groups is 1. The first-order valence-corrected chi connectivity index (χ1v) is 9.15. The number of aliphatic hydroxyl groups is 1. The summed E-state index contributed by atoms with van der Waals surface area (Å²) in [6, 6.07) is -1.19. The highest BCUT2D eigenvalue weighted by atomic mass is 32.2. The maximum Gasteiger partial charge on any atom is 0.315 e. The quantitative estimate of drug-likeness (QED) is 0.455. The van der Waals surface area contributed by atoms with Crippen molar-refractivity contribution < 1.29 is 14.7 Å². The number of carbonyl (C=O) groups excluding carboxylic acids is 2. The third-order valence-corrected chi connectivity index (χ3v) is 3.99. The summed E-state index contributed by atoms with van der Waals surface area (Å²) < 4.78 is 0. The molecule has 2 amide bonds. The highest BCUT2D eigenvalue weighted by Gasteiger charge is 2.14. The number of unbranched alkanes of at least 4 members (excludes halogenated alkanes) is 6. The van der Waals surface area contributed by atoms with Crippen LogP contribution in [0.25, 0.3) is 0 Å². The van der Waals surface area contributed by atoms with Crippen molar-refractivity contribution in [3.63, 3.8) is 0 Å². The molecule has 21 heavy (non-hydrogen) atoms. The van der Waals surface area contributed by atoms with Crippen LogP contribution in [0, 0.1) is 0 Å². The number of amides is 2. The van der Waals surface area contributed by atoms with Gasteiger partial charge in [-0.25, -0.2) is 4.79 Å². The van der Waals surface area contributed by atoms with Crippen LogP contribution in [0.15, 0.2) is 0 Å². The minimum Gasteiger partial charge on any atom is -0.394 e. The van der Waals surface area contributed by atoms with Gasteiger partial charge in [0.1, 0.15) is 6.04 Å². The SMILES string of the molecule is CSCCCCCCCCCNC(=O)N[C@@H](CO)C(C)=O. The first-order valence-electron chi connectivity index (χ1n) is 7.76. The van der Waals surface area contributed by atoms with Gasteiger partial charge in [-0.05, 0) is 31.8 Å². The van der Waals surface area contributed by atoms with Crippen LogP contribution in [-0.4, -0.2) is 48.1 Å². The molecule has 0 radical (unpaired) electrons. The van der Waals surface area contributed by atoms with Crippen LogP contribution in [0.1, 0.15) is 51.9 Å². The lowest BCUT2D eigenvalue weighted by Crippen LogP contribution is -2.47. The molecule has 0 aromatic heterocycles. The van der Waals surface area contributed by atoms with E-state index >= 15 is 0 Å². The van der Waals surface area contributed by atoms with Crippen LogP contribution < -0.4 is 10.6 Å². The van der Waals surface area contributed by atoms with E-state index in [2.05, 4.69) is 16.9 Å². The lowest BCUT2D eigenvalue weighted by Gasteiger charge is -2.13. The third kappa shape index (κ3) is 12.7. The number of thioether (sulfide) groups is 1. The number of nitrogens with one attached hydrogen (secondary N) is 2. The van der Waals surface area contributed by atoms with Gasteiger partial charge < -0.3 is 15.7 Å². The normalized spacial score (nSPS) is 12.0. The molecule has 0 spiro atoms. The lowest BCUT2D eigenvalue weighted by atomic mass is 10.1. The maximum atomic E-state index is 11.5. The topological polar surface area (TPSA) is 78.4 Å². The zero-order chi connectivity index (χ0) is 15.9. The van der Waals surface area contributed by atoms with Gasteiger partial charge >= 0.3 is 6.03 Å². The van der Waals surface area contributed by atoms with E-state index in [4.69, 9.17) is 5.11 Å². The first kappa shape index (κ1) is 20.2. The monoisotopic (exact) mass is 318 g/mol. The molecule has 6 heteroatoms. The molecular formula is C15H30N2O3S. The Balaban J connectivity index is 3.38. The van der Waals surface area contributed by atoms with Gasteiger partial charge in [0.2, 0.25) is 0 Å². The molecule has 0 heterocycles. The van der Waals surface area contributed by atoms with Gasteiger partial charge in [0.15, 0.2) is 5.78 Å². The van der Waals surface area contributed by atoms with Crippen LogP contribution in [0.4, 0.5) is 4.79 Å². The Morgan fingerprint density at radius 2 is 1.62 bits per heavy atom. The molecular weight excluding hydrogens is 288 g/mol. The number of Topliss-reactive ketones (excluding diaryl/α,β-unsaturated/α-hetero) is 1. The van der Waals surface area contributed by atoms with E-state index in [1.54, 1.807) is 0 Å². The summed E-state index contributed by atoms with van der Waals surface area (Å²) in [4.78, 5) is 22.5. The number of ketones is 1. The zero-order valence-corrected chi connectivity index (χ0v) is 14.1. The highest BCUT2D eigenvalue weighted by Crippen LogP contribution is 2.08. The van der Waals surface area contributed by atoms with Gasteiger partial charge in [-0.15, -0.1) is 0 Å². The summed E-state index contributed by atoms with van der Waals surface area (Å²) in [7, 11) is 0. The second kappa shape index (κ2) is 14.2. The molecule has 0 unspecified atom stereocenters. The van der Waals surface area contributed by atoms with Crippen molar-refractivity contribution in [1.29, 1.82) is 0 Å². The molecule has 0 fully saturated rings. The molecule has 0 rings (SSSR count).